The van der Waals surface area contributed by atoms with Gasteiger partial charge in [-0.1, -0.05) is 36.2 Å². The van der Waals surface area contributed by atoms with Crippen molar-refractivity contribution in [3.8, 4) is 0 Å². The van der Waals surface area contributed by atoms with Crippen LogP contribution in [0.15, 0.2) is 24.3 Å². The summed E-state index contributed by atoms with van der Waals surface area (Å²) in [4.78, 5) is 2.42. The molecule has 0 spiro atoms. The van der Waals surface area contributed by atoms with Crippen molar-refractivity contribution >= 4 is 0 Å². The van der Waals surface area contributed by atoms with Crippen molar-refractivity contribution < 1.29 is 0 Å². The maximum absolute atomic E-state index is 6.38. The third-order valence-electron chi connectivity index (χ3n) is 4.45. The van der Waals surface area contributed by atoms with Gasteiger partial charge in [0.2, 0.25) is 0 Å². The molecule has 1 aliphatic carbocycles. The molecular weight excluding hydrogens is 220 g/mol. The van der Waals surface area contributed by atoms with E-state index in [1.54, 1.807) is 0 Å². The summed E-state index contributed by atoms with van der Waals surface area (Å²) >= 11 is 0. The smallest absolute Gasteiger partial charge is 0.0450 e. The molecule has 0 radical (unpaired) electrons. The van der Waals surface area contributed by atoms with E-state index in [4.69, 9.17) is 5.73 Å². The van der Waals surface area contributed by atoms with E-state index in [-0.39, 0.29) is 6.04 Å². The van der Waals surface area contributed by atoms with Gasteiger partial charge < -0.3 is 10.6 Å². The summed E-state index contributed by atoms with van der Waals surface area (Å²) in [5, 5.41) is 0. The minimum Gasteiger partial charge on any atom is -0.323 e. The van der Waals surface area contributed by atoms with Gasteiger partial charge in [0.1, 0.15) is 0 Å². The zero-order valence-corrected chi connectivity index (χ0v) is 11.9. The molecule has 0 saturated heterocycles. The van der Waals surface area contributed by atoms with Crippen LogP contribution in [0, 0.1) is 12.8 Å². The number of rotatable bonds is 5. The highest BCUT2D eigenvalue weighted by molar-refractivity contribution is 5.24. The van der Waals surface area contributed by atoms with Gasteiger partial charge >= 0.3 is 0 Å². The van der Waals surface area contributed by atoms with E-state index in [2.05, 4.69) is 50.1 Å². The first-order valence-electron chi connectivity index (χ1n) is 7.10. The summed E-state index contributed by atoms with van der Waals surface area (Å²) in [6, 6.07) is 9.12. The second-order valence-corrected chi connectivity index (χ2v) is 5.91. The first-order chi connectivity index (χ1) is 8.58. The van der Waals surface area contributed by atoms with Crippen LogP contribution in [0.25, 0.3) is 0 Å². The molecule has 1 fully saturated rings. The molecule has 2 atom stereocenters. The molecule has 0 aromatic heterocycles. The Balaban J connectivity index is 1.93. The number of benzene rings is 1. The van der Waals surface area contributed by atoms with Crippen LogP contribution in [0.2, 0.25) is 0 Å². The molecule has 0 heterocycles. The zero-order valence-electron chi connectivity index (χ0n) is 11.9. The Morgan fingerprint density at radius 1 is 1.28 bits per heavy atom. The highest BCUT2D eigenvalue weighted by Gasteiger charge is 2.24. The van der Waals surface area contributed by atoms with Crippen LogP contribution in [0.5, 0.6) is 0 Å². The third-order valence-corrected chi connectivity index (χ3v) is 4.45. The Bertz CT molecular complexity index is 367. The Morgan fingerprint density at radius 2 is 1.89 bits per heavy atom. The molecule has 1 aliphatic rings. The van der Waals surface area contributed by atoms with Crippen molar-refractivity contribution in [2.75, 3.05) is 13.6 Å². The van der Waals surface area contributed by atoms with Crippen molar-refractivity contribution in [3.05, 3.63) is 35.4 Å². The summed E-state index contributed by atoms with van der Waals surface area (Å²) < 4.78 is 0. The van der Waals surface area contributed by atoms with E-state index >= 15 is 0 Å². The highest BCUT2D eigenvalue weighted by Crippen LogP contribution is 2.28. The molecule has 2 rings (SSSR count). The molecule has 2 nitrogen and oxygen atoms in total. The average molecular weight is 246 g/mol. The van der Waals surface area contributed by atoms with Crippen LogP contribution in [0.4, 0.5) is 0 Å². The van der Waals surface area contributed by atoms with E-state index in [1.807, 2.05) is 0 Å². The maximum atomic E-state index is 6.38. The van der Waals surface area contributed by atoms with E-state index in [0.717, 1.165) is 5.92 Å². The van der Waals surface area contributed by atoms with Crippen molar-refractivity contribution in [1.29, 1.82) is 0 Å². The number of hydrogen-bond acceptors (Lipinski definition) is 2. The van der Waals surface area contributed by atoms with Gasteiger partial charge in [0.05, 0.1) is 0 Å². The molecule has 2 heteroatoms. The minimum absolute atomic E-state index is 0.107. The largest absolute Gasteiger partial charge is 0.323 e. The monoisotopic (exact) mass is 246 g/mol. The number of nitrogens with two attached hydrogens (primary N) is 1. The van der Waals surface area contributed by atoms with E-state index < -0.39 is 0 Å². The van der Waals surface area contributed by atoms with Crippen molar-refractivity contribution in [3.63, 3.8) is 0 Å². The molecule has 1 aromatic carbocycles. The van der Waals surface area contributed by atoms with Crippen molar-refractivity contribution in [2.45, 2.75) is 45.2 Å². The van der Waals surface area contributed by atoms with E-state index in [9.17, 15) is 0 Å². The van der Waals surface area contributed by atoms with Gasteiger partial charge in [-0.3, -0.25) is 0 Å². The van der Waals surface area contributed by atoms with E-state index in [0.29, 0.717) is 6.04 Å². The Hall–Kier alpha value is -0.860. The SMILES string of the molecule is Cc1ccc(C(N)C(C)N(C)CC2CCC2)cc1. The normalized spacial score (nSPS) is 19.6. The van der Waals surface area contributed by atoms with Crippen LogP contribution in [0.3, 0.4) is 0 Å². The van der Waals surface area contributed by atoms with E-state index in [1.165, 1.54) is 36.9 Å². The average Bonchev–Trinajstić information content (AvgIpc) is 2.32. The fourth-order valence-corrected chi connectivity index (χ4v) is 2.59. The topological polar surface area (TPSA) is 29.3 Å². The molecule has 1 aromatic rings. The second-order valence-electron chi connectivity index (χ2n) is 5.91. The van der Waals surface area contributed by atoms with Crippen LogP contribution < -0.4 is 5.73 Å². The molecule has 0 amide bonds. The van der Waals surface area contributed by atoms with Gasteiger partial charge in [0.25, 0.3) is 0 Å². The number of likely N-dealkylation sites (N-methyl/N-ethyl adjacent to an activating group) is 1. The lowest BCUT2D eigenvalue weighted by Crippen LogP contribution is -2.41. The number of aryl methyl sites for hydroxylation is 1. The molecule has 2 unspecified atom stereocenters. The van der Waals surface area contributed by atoms with Gasteiger partial charge in [0, 0.05) is 18.6 Å². The van der Waals surface area contributed by atoms with Gasteiger partial charge in [-0.15, -0.1) is 0 Å². The summed E-state index contributed by atoms with van der Waals surface area (Å²) in [6.45, 7) is 5.55. The van der Waals surface area contributed by atoms with Crippen LogP contribution in [-0.4, -0.2) is 24.5 Å². The van der Waals surface area contributed by atoms with Crippen LogP contribution in [0.1, 0.15) is 43.4 Å². The molecule has 0 aliphatic heterocycles. The molecule has 0 bridgehead atoms. The van der Waals surface area contributed by atoms with Gasteiger partial charge in [-0.05, 0) is 45.2 Å². The fraction of sp³-hybridized carbons (Fsp3) is 0.625. The second kappa shape index (κ2) is 5.85. The van der Waals surface area contributed by atoms with Crippen LogP contribution in [-0.2, 0) is 0 Å². The first-order valence-corrected chi connectivity index (χ1v) is 7.10. The molecule has 2 N–H and O–H groups in total. The lowest BCUT2D eigenvalue weighted by Gasteiger charge is -2.35. The number of hydrogen-bond donors (Lipinski definition) is 1. The Kier molecular flexibility index (Phi) is 4.41. The fourth-order valence-electron chi connectivity index (χ4n) is 2.59. The molecule has 100 valence electrons. The Morgan fingerprint density at radius 3 is 2.39 bits per heavy atom. The lowest BCUT2D eigenvalue weighted by molar-refractivity contribution is 0.154. The van der Waals surface area contributed by atoms with Gasteiger partial charge in [-0.2, -0.15) is 0 Å². The molecule has 1 saturated carbocycles. The lowest BCUT2D eigenvalue weighted by atomic mass is 9.84. The third kappa shape index (κ3) is 3.12. The van der Waals surface area contributed by atoms with Crippen molar-refractivity contribution in [1.82, 2.24) is 4.90 Å². The summed E-state index contributed by atoms with van der Waals surface area (Å²) in [7, 11) is 2.21. The minimum atomic E-state index is 0.107. The molecular formula is C16H26N2. The van der Waals surface area contributed by atoms with Crippen LogP contribution >= 0.6 is 0 Å². The summed E-state index contributed by atoms with van der Waals surface area (Å²) in [5.41, 5.74) is 8.92. The standard InChI is InChI=1S/C16H26N2/c1-12-7-9-15(10-8-12)16(17)13(2)18(3)11-14-5-4-6-14/h7-10,13-14,16H,4-6,11,17H2,1-3H3. The van der Waals surface area contributed by atoms with Gasteiger partial charge in [0.15, 0.2) is 0 Å². The zero-order chi connectivity index (χ0) is 13.1. The predicted octanol–water partition coefficient (Wildman–Crippen LogP) is 3.12. The molecule has 18 heavy (non-hydrogen) atoms. The highest BCUT2D eigenvalue weighted by atomic mass is 15.1. The Labute approximate surface area is 111 Å². The first kappa shape index (κ1) is 13.6. The summed E-state index contributed by atoms with van der Waals surface area (Å²) in [5.74, 6) is 0.905. The quantitative estimate of drug-likeness (QED) is 0.865. The predicted molar refractivity (Wildman–Crippen MR) is 77.5 cm³/mol. The summed E-state index contributed by atoms with van der Waals surface area (Å²) in [6.07, 6.45) is 4.21. The number of nitrogens with zero attached hydrogens (tertiary/aromatic N) is 1. The maximum Gasteiger partial charge on any atom is 0.0450 e. The van der Waals surface area contributed by atoms with Gasteiger partial charge in [-0.25, -0.2) is 0 Å². The van der Waals surface area contributed by atoms with Crippen molar-refractivity contribution in [2.24, 2.45) is 11.7 Å².